The predicted molar refractivity (Wildman–Crippen MR) is 64.6 cm³/mol. The van der Waals surface area contributed by atoms with Gasteiger partial charge in [0.2, 0.25) is 0 Å². The molecule has 3 nitrogen and oxygen atoms in total. The molecule has 0 aliphatic carbocycles. The van der Waals surface area contributed by atoms with E-state index >= 15 is 0 Å². The molecule has 1 aromatic carbocycles. The van der Waals surface area contributed by atoms with Crippen LogP contribution < -0.4 is 0 Å². The van der Waals surface area contributed by atoms with Crippen LogP contribution in [0.1, 0.15) is 19.4 Å². The van der Waals surface area contributed by atoms with Crippen LogP contribution in [0.25, 0.3) is 10.9 Å². The lowest BCUT2D eigenvalue weighted by molar-refractivity contribution is 0.0813. The molecule has 0 bridgehead atoms. The Labute approximate surface area is 94.9 Å². The lowest BCUT2D eigenvalue weighted by atomic mass is 9.98. The first-order chi connectivity index (χ1) is 7.37. The molecular formula is C13H17NO2. The predicted octanol–water partition coefficient (Wildman–Crippen LogP) is 2.20. The van der Waals surface area contributed by atoms with Crippen molar-refractivity contribution in [2.75, 3.05) is 0 Å². The normalized spacial score (nSPS) is 12.2. The summed E-state index contributed by atoms with van der Waals surface area (Å²) in [5.74, 6) is 0.260. The van der Waals surface area contributed by atoms with Crippen molar-refractivity contribution in [2.24, 2.45) is 7.05 Å². The van der Waals surface area contributed by atoms with E-state index < -0.39 is 5.60 Å². The zero-order chi connectivity index (χ0) is 11.9. The largest absolute Gasteiger partial charge is 0.508 e. The molecule has 1 aromatic heterocycles. The van der Waals surface area contributed by atoms with Crippen LogP contribution in [0.4, 0.5) is 0 Å². The topological polar surface area (TPSA) is 45.4 Å². The minimum Gasteiger partial charge on any atom is -0.508 e. The molecule has 86 valence electrons. The van der Waals surface area contributed by atoms with E-state index in [2.05, 4.69) is 0 Å². The summed E-state index contributed by atoms with van der Waals surface area (Å²) in [6.45, 7) is 3.57. The van der Waals surface area contributed by atoms with E-state index in [0.29, 0.717) is 6.42 Å². The van der Waals surface area contributed by atoms with Crippen LogP contribution >= 0.6 is 0 Å². The van der Waals surface area contributed by atoms with Crippen LogP contribution in [-0.2, 0) is 13.5 Å². The molecule has 16 heavy (non-hydrogen) atoms. The summed E-state index contributed by atoms with van der Waals surface area (Å²) in [5, 5.41) is 20.3. The summed E-state index contributed by atoms with van der Waals surface area (Å²) in [4.78, 5) is 0. The number of hydrogen-bond acceptors (Lipinski definition) is 2. The highest BCUT2D eigenvalue weighted by molar-refractivity contribution is 5.85. The third-order valence-electron chi connectivity index (χ3n) is 2.68. The summed E-state index contributed by atoms with van der Waals surface area (Å²) < 4.78 is 2.01. The third kappa shape index (κ3) is 2.04. The van der Waals surface area contributed by atoms with Crippen LogP contribution in [0.15, 0.2) is 24.4 Å². The van der Waals surface area contributed by atoms with Gasteiger partial charge < -0.3 is 14.8 Å². The van der Waals surface area contributed by atoms with Gasteiger partial charge in [0.15, 0.2) is 0 Å². The number of phenolic OH excluding ortho intramolecular Hbond substituents is 1. The zero-order valence-corrected chi connectivity index (χ0v) is 9.86. The Balaban J connectivity index is 2.57. The van der Waals surface area contributed by atoms with Crippen LogP contribution in [0.3, 0.4) is 0 Å². The fourth-order valence-electron chi connectivity index (χ4n) is 2.07. The quantitative estimate of drug-likeness (QED) is 0.813. The maximum atomic E-state index is 9.84. The van der Waals surface area contributed by atoms with Gasteiger partial charge in [0.1, 0.15) is 5.75 Å². The number of rotatable bonds is 2. The van der Waals surface area contributed by atoms with Crippen molar-refractivity contribution in [3.63, 3.8) is 0 Å². The number of hydrogen-bond donors (Lipinski definition) is 2. The lowest BCUT2D eigenvalue weighted by Crippen LogP contribution is -2.21. The molecule has 1 heterocycles. The SMILES string of the molecule is Cn1cc(CC(C)(C)O)c2cc(O)ccc21. The van der Waals surface area contributed by atoms with Gasteiger partial charge in [0.25, 0.3) is 0 Å². The second kappa shape index (κ2) is 3.52. The lowest BCUT2D eigenvalue weighted by Gasteiger charge is -2.16. The number of aromatic nitrogens is 1. The summed E-state index contributed by atoms with van der Waals surface area (Å²) in [6, 6.07) is 5.31. The average molecular weight is 219 g/mol. The Kier molecular flexibility index (Phi) is 2.43. The molecule has 0 amide bonds. The molecule has 0 unspecified atom stereocenters. The second-order valence-corrected chi connectivity index (χ2v) is 4.96. The molecule has 3 heteroatoms. The molecular weight excluding hydrogens is 202 g/mol. The number of aliphatic hydroxyl groups is 1. The number of nitrogens with zero attached hydrogens (tertiary/aromatic N) is 1. The van der Waals surface area contributed by atoms with Gasteiger partial charge in [-0.2, -0.15) is 0 Å². The zero-order valence-electron chi connectivity index (χ0n) is 9.86. The van der Waals surface area contributed by atoms with Crippen molar-refractivity contribution in [1.29, 1.82) is 0 Å². The van der Waals surface area contributed by atoms with Crippen LogP contribution in [0.5, 0.6) is 5.75 Å². The van der Waals surface area contributed by atoms with Gasteiger partial charge in [-0.25, -0.2) is 0 Å². The maximum Gasteiger partial charge on any atom is 0.116 e. The summed E-state index contributed by atoms with van der Waals surface area (Å²) >= 11 is 0. The van der Waals surface area contributed by atoms with Crippen molar-refractivity contribution in [2.45, 2.75) is 25.9 Å². The number of aromatic hydroxyl groups is 1. The molecule has 0 fully saturated rings. The smallest absolute Gasteiger partial charge is 0.116 e. The highest BCUT2D eigenvalue weighted by Gasteiger charge is 2.17. The standard InChI is InChI=1S/C13H17NO2/c1-13(2,16)7-9-8-14(3)12-5-4-10(15)6-11(9)12/h4-6,8,15-16H,7H2,1-3H3. The molecule has 0 saturated heterocycles. The number of phenols is 1. The van der Waals surface area contributed by atoms with Gasteiger partial charge in [-0.05, 0) is 37.6 Å². The Morgan fingerprint density at radius 2 is 2.00 bits per heavy atom. The highest BCUT2D eigenvalue weighted by atomic mass is 16.3. The van der Waals surface area contributed by atoms with Crippen LogP contribution in [-0.4, -0.2) is 20.4 Å². The first-order valence-electron chi connectivity index (χ1n) is 5.36. The average Bonchev–Trinajstić information content (AvgIpc) is 2.40. The monoisotopic (exact) mass is 219 g/mol. The molecule has 0 aliphatic rings. The molecule has 2 N–H and O–H groups in total. The summed E-state index contributed by atoms with van der Waals surface area (Å²) in [6.07, 6.45) is 2.58. The molecule has 0 atom stereocenters. The number of benzene rings is 1. The second-order valence-electron chi connectivity index (χ2n) is 4.96. The minimum absolute atomic E-state index is 0.260. The van der Waals surface area contributed by atoms with Gasteiger partial charge in [0, 0.05) is 30.6 Å². The Bertz CT molecular complexity index is 520. The maximum absolute atomic E-state index is 9.84. The summed E-state index contributed by atoms with van der Waals surface area (Å²) in [7, 11) is 1.97. The molecule has 2 rings (SSSR count). The molecule has 0 aliphatic heterocycles. The van der Waals surface area contributed by atoms with E-state index in [1.54, 1.807) is 26.0 Å². The fraction of sp³-hybridized carbons (Fsp3) is 0.385. The van der Waals surface area contributed by atoms with Gasteiger partial charge in [-0.15, -0.1) is 0 Å². The Morgan fingerprint density at radius 1 is 1.31 bits per heavy atom. The van der Waals surface area contributed by atoms with E-state index in [1.807, 2.05) is 23.9 Å². The molecule has 0 radical (unpaired) electrons. The van der Waals surface area contributed by atoms with E-state index in [1.165, 1.54) is 0 Å². The van der Waals surface area contributed by atoms with Gasteiger partial charge >= 0.3 is 0 Å². The van der Waals surface area contributed by atoms with Crippen LogP contribution in [0, 0.1) is 0 Å². The summed E-state index contributed by atoms with van der Waals surface area (Å²) in [5.41, 5.74) is 1.39. The van der Waals surface area contributed by atoms with Gasteiger partial charge in [-0.3, -0.25) is 0 Å². The third-order valence-corrected chi connectivity index (χ3v) is 2.68. The minimum atomic E-state index is -0.736. The van der Waals surface area contributed by atoms with E-state index in [0.717, 1.165) is 16.5 Å². The van der Waals surface area contributed by atoms with Crippen molar-refractivity contribution < 1.29 is 10.2 Å². The van der Waals surface area contributed by atoms with Crippen molar-refractivity contribution in [1.82, 2.24) is 4.57 Å². The van der Waals surface area contributed by atoms with E-state index in [-0.39, 0.29) is 5.75 Å². The van der Waals surface area contributed by atoms with E-state index in [4.69, 9.17) is 0 Å². The fourth-order valence-corrected chi connectivity index (χ4v) is 2.07. The van der Waals surface area contributed by atoms with Crippen molar-refractivity contribution in [3.05, 3.63) is 30.0 Å². The van der Waals surface area contributed by atoms with Crippen LogP contribution in [0.2, 0.25) is 0 Å². The highest BCUT2D eigenvalue weighted by Crippen LogP contribution is 2.27. The molecule has 0 spiro atoms. The van der Waals surface area contributed by atoms with Crippen molar-refractivity contribution >= 4 is 10.9 Å². The number of aryl methyl sites for hydroxylation is 1. The van der Waals surface area contributed by atoms with Gasteiger partial charge in [0.05, 0.1) is 5.60 Å². The van der Waals surface area contributed by atoms with Crippen molar-refractivity contribution in [3.8, 4) is 5.75 Å². The van der Waals surface area contributed by atoms with Gasteiger partial charge in [-0.1, -0.05) is 0 Å². The molecule has 2 aromatic rings. The first-order valence-corrected chi connectivity index (χ1v) is 5.36. The van der Waals surface area contributed by atoms with E-state index in [9.17, 15) is 10.2 Å². The first kappa shape index (κ1) is 11.0. The molecule has 0 saturated carbocycles. The Morgan fingerprint density at radius 3 is 2.62 bits per heavy atom. The Hall–Kier alpha value is -1.48. The number of fused-ring (bicyclic) bond motifs is 1.